The lowest BCUT2D eigenvalue weighted by Crippen LogP contribution is -2.05. The van der Waals surface area contributed by atoms with Crippen LogP contribution in [-0.2, 0) is 0 Å². The highest BCUT2D eigenvalue weighted by atomic mass is 32.2. The van der Waals surface area contributed by atoms with Crippen molar-refractivity contribution in [3.63, 3.8) is 0 Å². The predicted octanol–water partition coefficient (Wildman–Crippen LogP) is 2.65. The Morgan fingerprint density at radius 2 is 2.18 bits per heavy atom. The number of aromatic amines is 1. The van der Waals surface area contributed by atoms with Gasteiger partial charge in [-0.25, -0.2) is 0 Å². The van der Waals surface area contributed by atoms with Gasteiger partial charge in [-0.3, -0.25) is 9.36 Å². The summed E-state index contributed by atoms with van der Waals surface area (Å²) in [5.74, 6) is 0.836. The normalized spacial score (nSPS) is 14.5. The maximum Gasteiger partial charge on any atom is 0.222 e. The van der Waals surface area contributed by atoms with Gasteiger partial charge < -0.3 is 10.7 Å². The molecule has 1 aromatic carbocycles. The molecule has 7 heteroatoms. The third-order valence-electron chi connectivity index (χ3n) is 3.82. The number of nitrogen functional groups attached to an aromatic ring is 1. The molecule has 2 aromatic heterocycles. The van der Waals surface area contributed by atoms with Crippen LogP contribution in [0.1, 0.15) is 29.2 Å². The molecule has 0 bridgehead atoms. The van der Waals surface area contributed by atoms with Gasteiger partial charge in [-0.1, -0.05) is 30.0 Å². The number of nitrogens with one attached hydrogen (secondary N) is 1. The highest BCUT2D eigenvalue weighted by molar-refractivity contribution is 7.99. The van der Waals surface area contributed by atoms with Gasteiger partial charge in [-0.2, -0.15) is 0 Å². The molecule has 3 aromatic rings. The number of thioether (sulfide) groups is 1. The van der Waals surface area contributed by atoms with Gasteiger partial charge in [0, 0.05) is 28.7 Å². The number of hydrogen-bond acceptors (Lipinski definition) is 5. The van der Waals surface area contributed by atoms with Crippen LogP contribution in [0.5, 0.6) is 0 Å². The van der Waals surface area contributed by atoms with Crippen molar-refractivity contribution < 1.29 is 4.79 Å². The maximum atomic E-state index is 12.5. The zero-order chi connectivity index (χ0) is 15.1. The lowest BCUT2D eigenvalue weighted by atomic mass is 10.1. The van der Waals surface area contributed by atoms with Gasteiger partial charge in [0.2, 0.25) is 5.95 Å². The molecular weight excluding hydrogens is 298 g/mol. The number of rotatable bonds is 5. The average molecular weight is 313 g/mol. The Kier molecular flexibility index (Phi) is 3.15. The quantitative estimate of drug-likeness (QED) is 0.558. The number of para-hydroxylation sites is 1. The number of carbonyl (C=O) groups excluding carboxylic acids is 1. The van der Waals surface area contributed by atoms with E-state index in [1.54, 1.807) is 6.20 Å². The minimum absolute atomic E-state index is 0.0753. The largest absolute Gasteiger partial charge is 0.368 e. The fourth-order valence-corrected chi connectivity index (χ4v) is 3.47. The van der Waals surface area contributed by atoms with E-state index in [1.165, 1.54) is 11.8 Å². The summed E-state index contributed by atoms with van der Waals surface area (Å²) in [6.45, 7) is 0. The number of ketones is 1. The second kappa shape index (κ2) is 5.17. The van der Waals surface area contributed by atoms with Crippen molar-refractivity contribution in [2.75, 3.05) is 11.5 Å². The fraction of sp³-hybridized carbons (Fsp3) is 0.267. The Labute approximate surface area is 131 Å². The van der Waals surface area contributed by atoms with Crippen LogP contribution >= 0.6 is 11.8 Å². The van der Waals surface area contributed by atoms with E-state index in [2.05, 4.69) is 15.2 Å². The number of hydrogen-bond donors (Lipinski definition) is 2. The zero-order valence-corrected chi connectivity index (χ0v) is 12.6. The smallest absolute Gasteiger partial charge is 0.222 e. The molecule has 2 heterocycles. The highest BCUT2D eigenvalue weighted by Gasteiger charge is 2.29. The average Bonchev–Trinajstić information content (AvgIpc) is 3.16. The van der Waals surface area contributed by atoms with E-state index < -0.39 is 0 Å². The van der Waals surface area contributed by atoms with E-state index >= 15 is 0 Å². The number of nitrogens with zero attached hydrogens (tertiary/aromatic N) is 3. The molecule has 0 atom stereocenters. The molecule has 0 unspecified atom stereocenters. The summed E-state index contributed by atoms with van der Waals surface area (Å²) in [6, 6.07) is 8.20. The van der Waals surface area contributed by atoms with Crippen molar-refractivity contribution in [1.29, 1.82) is 0 Å². The molecule has 4 rings (SSSR count). The Hall–Kier alpha value is -2.28. The van der Waals surface area contributed by atoms with Gasteiger partial charge in [-0.05, 0) is 18.9 Å². The van der Waals surface area contributed by atoms with Crippen LogP contribution in [0.25, 0.3) is 10.9 Å². The summed E-state index contributed by atoms with van der Waals surface area (Å²) in [4.78, 5) is 15.6. The molecule has 0 radical (unpaired) electrons. The van der Waals surface area contributed by atoms with Gasteiger partial charge in [-0.15, -0.1) is 10.2 Å². The molecule has 6 nitrogen and oxygen atoms in total. The molecule has 1 fully saturated rings. The van der Waals surface area contributed by atoms with E-state index in [4.69, 9.17) is 5.73 Å². The second-order valence-corrected chi connectivity index (χ2v) is 6.34. The van der Waals surface area contributed by atoms with Crippen molar-refractivity contribution >= 4 is 34.4 Å². The first-order valence-corrected chi connectivity index (χ1v) is 8.15. The summed E-state index contributed by atoms with van der Waals surface area (Å²) in [5.41, 5.74) is 7.53. The standard InChI is InChI=1S/C15H15N5OS/c16-14-18-19-15(20(14)9-5-6-9)22-8-13(21)11-7-17-12-4-2-1-3-10(11)12/h1-4,7,9,17H,5-6,8H2,(H2,16,18). The Morgan fingerprint density at radius 1 is 1.36 bits per heavy atom. The van der Waals surface area contributed by atoms with Crippen LogP contribution in [0, 0.1) is 0 Å². The van der Waals surface area contributed by atoms with Crippen LogP contribution in [0.4, 0.5) is 5.95 Å². The van der Waals surface area contributed by atoms with E-state index in [9.17, 15) is 4.79 Å². The van der Waals surface area contributed by atoms with Crippen molar-refractivity contribution in [1.82, 2.24) is 19.7 Å². The first kappa shape index (κ1) is 13.4. The van der Waals surface area contributed by atoms with Crippen molar-refractivity contribution in [3.05, 3.63) is 36.0 Å². The van der Waals surface area contributed by atoms with Crippen molar-refractivity contribution in [2.24, 2.45) is 0 Å². The number of aromatic nitrogens is 4. The molecule has 3 N–H and O–H groups in total. The molecule has 112 valence electrons. The summed E-state index contributed by atoms with van der Waals surface area (Å²) in [5, 5.41) is 9.69. The van der Waals surface area contributed by atoms with Crippen LogP contribution in [0.3, 0.4) is 0 Å². The molecule has 1 aliphatic rings. The number of carbonyl (C=O) groups is 1. The summed E-state index contributed by atoms with van der Waals surface area (Å²) in [7, 11) is 0. The molecule has 0 saturated heterocycles. The minimum atomic E-state index is 0.0753. The number of H-pyrrole nitrogens is 1. The Balaban J connectivity index is 1.53. The van der Waals surface area contributed by atoms with Crippen LogP contribution in [0.2, 0.25) is 0 Å². The summed E-state index contributed by atoms with van der Waals surface area (Å²) < 4.78 is 1.94. The molecule has 0 spiro atoms. The maximum absolute atomic E-state index is 12.5. The van der Waals surface area contributed by atoms with Crippen LogP contribution in [0.15, 0.2) is 35.6 Å². The van der Waals surface area contributed by atoms with Gasteiger partial charge in [0.1, 0.15) is 0 Å². The van der Waals surface area contributed by atoms with Crippen molar-refractivity contribution in [2.45, 2.75) is 24.0 Å². The lowest BCUT2D eigenvalue weighted by molar-refractivity contribution is 0.102. The topological polar surface area (TPSA) is 89.6 Å². The monoisotopic (exact) mass is 313 g/mol. The zero-order valence-electron chi connectivity index (χ0n) is 11.8. The van der Waals surface area contributed by atoms with Crippen molar-refractivity contribution in [3.8, 4) is 0 Å². The van der Waals surface area contributed by atoms with Gasteiger partial charge in [0.25, 0.3) is 0 Å². The van der Waals surface area contributed by atoms with Gasteiger partial charge >= 0.3 is 0 Å². The molecule has 22 heavy (non-hydrogen) atoms. The fourth-order valence-electron chi connectivity index (χ4n) is 2.57. The SMILES string of the molecule is Nc1nnc(SCC(=O)c2c[nH]c3ccccc23)n1C1CC1. The minimum Gasteiger partial charge on any atom is -0.368 e. The summed E-state index contributed by atoms with van der Waals surface area (Å²) >= 11 is 1.40. The third-order valence-corrected chi connectivity index (χ3v) is 4.77. The first-order chi connectivity index (χ1) is 10.7. The molecule has 0 aliphatic heterocycles. The summed E-state index contributed by atoms with van der Waals surface area (Å²) in [6.07, 6.45) is 3.98. The van der Waals surface area contributed by atoms with Crippen LogP contribution < -0.4 is 5.73 Å². The lowest BCUT2D eigenvalue weighted by Gasteiger charge is -2.05. The number of nitrogens with two attached hydrogens (primary N) is 1. The van der Waals surface area contributed by atoms with E-state index in [1.807, 2.05) is 28.8 Å². The molecule has 0 amide bonds. The van der Waals surface area contributed by atoms with E-state index in [0.717, 1.165) is 28.9 Å². The molecule has 1 saturated carbocycles. The molecule has 1 aliphatic carbocycles. The molecular formula is C15H15N5OS. The van der Waals surface area contributed by atoms with E-state index in [-0.39, 0.29) is 5.78 Å². The van der Waals surface area contributed by atoms with Gasteiger partial charge in [0.15, 0.2) is 10.9 Å². The Bertz CT molecular complexity index is 849. The van der Waals surface area contributed by atoms with Crippen LogP contribution in [-0.4, -0.2) is 31.3 Å². The first-order valence-electron chi connectivity index (χ1n) is 7.16. The van der Waals surface area contributed by atoms with E-state index in [0.29, 0.717) is 23.3 Å². The Morgan fingerprint density at radius 3 is 3.00 bits per heavy atom. The number of benzene rings is 1. The third kappa shape index (κ3) is 2.27. The second-order valence-electron chi connectivity index (χ2n) is 5.40. The number of anilines is 1. The number of fused-ring (bicyclic) bond motifs is 1. The highest BCUT2D eigenvalue weighted by Crippen LogP contribution is 2.39. The van der Waals surface area contributed by atoms with Gasteiger partial charge in [0.05, 0.1) is 5.75 Å². The predicted molar refractivity (Wildman–Crippen MR) is 86.1 cm³/mol. The number of Topliss-reactive ketones (excluding diaryl/α,β-unsaturated/α-hetero) is 1.